The molecule has 1 aliphatic rings. The molecule has 3 unspecified atom stereocenters. The van der Waals surface area contributed by atoms with Gasteiger partial charge in [0.15, 0.2) is 0 Å². The maximum atomic E-state index is 6.20. The first-order valence-electron chi connectivity index (χ1n) is 15.5. The Morgan fingerprint density at radius 2 is 1.30 bits per heavy atom. The number of rotatable bonds is 8. The van der Waals surface area contributed by atoms with E-state index < -0.39 is 0 Å². The van der Waals surface area contributed by atoms with Gasteiger partial charge in [-0.1, -0.05) is 67.4 Å². The minimum atomic E-state index is 0.00946. The van der Waals surface area contributed by atoms with Crippen LogP contribution in [0.2, 0.25) is 0 Å². The molecule has 0 amide bonds. The molecule has 3 atom stereocenters. The van der Waals surface area contributed by atoms with Gasteiger partial charge in [-0.2, -0.15) is 0 Å². The van der Waals surface area contributed by atoms with Crippen LogP contribution in [0.1, 0.15) is 101 Å². The highest BCUT2D eigenvalue weighted by atomic mass is 14.9. The second kappa shape index (κ2) is 11.3. The summed E-state index contributed by atoms with van der Waals surface area (Å²) >= 11 is 0. The van der Waals surface area contributed by atoms with Crippen LogP contribution in [0.5, 0.6) is 0 Å². The fraction of sp³-hybridized carbons (Fsp3) is 0.342. The predicted molar refractivity (Wildman–Crippen MR) is 180 cm³/mol. The average molecular weight is 567 g/mol. The van der Waals surface area contributed by atoms with E-state index in [4.69, 9.17) is 12.8 Å². The zero-order valence-electron chi connectivity index (χ0n) is 26.6. The van der Waals surface area contributed by atoms with E-state index in [0.29, 0.717) is 11.6 Å². The molecule has 0 aliphatic carbocycles. The van der Waals surface area contributed by atoms with E-state index in [-0.39, 0.29) is 17.3 Å². The van der Waals surface area contributed by atoms with Gasteiger partial charge in [0.2, 0.25) is 0 Å². The monoisotopic (exact) mass is 566 g/mol. The van der Waals surface area contributed by atoms with Gasteiger partial charge in [0, 0.05) is 40.6 Å². The van der Waals surface area contributed by atoms with Crippen molar-refractivity contribution in [2.24, 2.45) is 10.4 Å². The van der Waals surface area contributed by atoms with Gasteiger partial charge in [-0.25, -0.2) is 0 Å². The van der Waals surface area contributed by atoms with Crippen LogP contribution in [-0.2, 0) is 6.42 Å². The van der Waals surface area contributed by atoms with Crippen molar-refractivity contribution in [3.8, 4) is 0 Å². The molecule has 0 saturated heterocycles. The van der Waals surface area contributed by atoms with E-state index in [1.807, 2.05) is 6.07 Å². The lowest BCUT2D eigenvalue weighted by Crippen LogP contribution is -2.25. The van der Waals surface area contributed by atoms with E-state index in [0.717, 1.165) is 29.9 Å². The second-order valence-electron chi connectivity index (χ2n) is 13.5. The van der Waals surface area contributed by atoms with Crippen LogP contribution in [0.25, 0.3) is 0 Å². The summed E-state index contributed by atoms with van der Waals surface area (Å²) in [6.07, 6.45) is 1.99. The third-order valence-electron chi connectivity index (χ3n) is 9.32. The quantitative estimate of drug-likeness (QED) is 0.160. The molecular formula is C38H43BN4. The van der Waals surface area contributed by atoms with Crippen LogP contribution >= 0.6 is 0 Å². The van der Waals surface area contributed by atoms with Crippen LogP contribution in [0.4, 0.5) is 0 Å². The Balaban J connectivity index is 1.41. The number of aliphatic imine (C=N–C) groups is 1. The van der Waals surface area contributed by atoms with Crippen molar-refractivity contribution in [2.75, 3.05) is 0 Å². The molecule has 3 aromatic heterocycles. The van der Waals surface area contributed by atoms with E-state index in [1.165, 1.54) is 50.5 Å². The number of benzene rings is 2. The van der Waals surface area contributed by atoms with Gasteiger partial charge in [-0.05, 0) is 105 Å². The van der Waals surface area contributed by atoms with Gasteiger partial charge in [0.05, 0.1) is 17.9 Å². The minimum Gasteiger partial charge on any atom is -0.371 e. The summed E-state index contributed by atoms with van der Waals surface area (Å²) in [6.45, 7) is 15.6. The fourth-order valence-corrected chi connectivity index (χ4v) is 7.32. The number of aromatic nitrogens is 3. The van der Waals surface area contributed by atoms with E-state index in [2.05, 4.69) is 130 Å². The zero-order valence-corrected chi connectivity index (χ0v) is 26.6. The van der Waals surface area contributed by atoms with Gasteiger partial charge in [0.1, 0.15) is 7.85 Å². The molecule has 0 spiro atoms. The molecule has 2 aromatic carbocycles. The van der Waals surface area contributed by atoms with Crippen LogP contribution < -0.4 is 5.59 Å². The first kappa shape index (κ1) is 29.1. The van der Waals surface area contributed by atoms with Crippen LogP contribution in [-0.4, -0.2) is 34.6 Å². The highest BCUT2D eigenvalue weighted by Crippen LogP contribution is 2.39. The number of nitrogens with one attached hydrogen (secondary N) is 3. The molecule has 0 fully saturated rings. The Morgan fingerprint density at radius 1 is 0.721 bits per heavy atom. The molecule has 4 heterocycles. The molecule has 5 aromatic rings. The molecule has 6 rings (SSSR count). The summed E-state index contributed by atoms with van der Waals surface area (Å²) in [5, 5.41) is 0. The fourth-order valence-electron chi connectivity index (χ4n) is 7.32. The van der Waals surface area contributed by atoms with Crippen molar-refractivity contribution >= 4 is 19.2 Å². The molecule has 218 valence electrons. The Hall–Kier alpha value is -3.99. The first-order valence-corrected chi connectivity index (χ1v) is 15.5. The maximum Gasteiger partial charge on any atom is 0.138 e. The average Bonchev–Trinajstić information content (AvgIpc) is 3.72. The second-order valence-corrected chi connectivity index (χ2v) is 13.5. The molecular weight excluding hydrogens is 523 g/mol. The number of H-pyrrole nitrogens is 3. The van der Waals surface area contributed by atoms with Crippen LogP contribution in [0, 0.1) is 33.1 Å². The third-order valence-corrected chi connectivity index (χ3v) is 9.32. The molecule has 2 radical (unpaired) electrons. The first-order chi connectivity index (χ1) is 20.5. The van der Waals surface area contributed by atoms with Crippen molar-refractivity contribution in [1.29, 1.82) is 0 Å². The Labute approximate surface area is 257 Å². The van der Waals surface area contributed by atoms with Gasteiger partial charge in [-0.15, -0.1) is 0 Å². The van der Waals surface area contributed by atoms with Gasteiger partial charge >= 0.3 is 0 Å². The topological polar surface area (TPSA) is 59.7 Å². The molecule has 43 heavy (non-hydrogen) atoms. The van der Waals surface area contributed by atoms with Gasteiger partial charge < -0.3 is 15.0 Å². The van der Waals surface area contributed by atoms with Crippen molar-refractivity contribution in [1.82, 2.24) is 15.0 Å². The van der Waals surface area contributed by atoms with E-state index >= 15 is 0 Å². The summed E-state index contributed by atoms with van der Waals surface area (Å²) in [7, 11) is 6.20. The Kier molecular flexibility index (Phi) is 7.62. The Bertz CT molecular complexity index is 1760. The number of hydrogen-bond donors (Lipinski definition) is 3. The number of hydrogen-bond acceptors (Lipinski definition) is 1. The SMILES string of the molecule is [B]c1ccc(C(c2ccc(C(c3ccc(C)cc3)c3ccc(CC4N=C(C)CC4(C)C)[nH]3)[nH]2)c2c(C)cc(C)cc2C)[nH]1. The Morgan fingerprint density at radius 3 is 1.91 bits per heavy atom. The lowest BCUT2D eigenvalue weighted by molar-refractivity contribution is 0.320. The number of aryl methyl sites for hydroxylation is 4. The lowest BCUT2D eigenvalue weighted by atomic mass is 9.81. The third kappa shape index (κ3) is 5.82. The zero-order chi connectivity index (χ0) is 30.5. The van der Waals surface area contributed by atoms with Gasteiger partial charge in [0.25, 0.3) is 0 Å². The van der Waals surface area contributed by atoms with Crippen molar-refractivity contribution in [2.45, 2.75) is 79.2 Å². The predicted octanol–water partition coefficient (Wildman–Crippen LogP) is 7.86. The van der Waals surface area contributed by atoms with Crippen molar-refractivity contribution < 1.29 is 0 Å². The molecule has 3 N–H and O–H groups in total. The van der Waals surface area contributed by atoms with Crippen LogP contribution in [0.3, 0.4) is 0 Å². The summed E-state index contributed by atoms with van der Waals surface area (Å²) in [4.78, 5) is 16.2. The van der Waals surface area contributed by atoms with Crippen molar-refractivity contribution in [3.05, 3.63) is 135 Å². The molecule has 4 nitrogen and oxygen atoms in total. The number of nitrogens with zero attached hydrogens (tertiary/aromatic N) is 1. The highest BCUT2D eigenvalue weighted by molar-refractivity contribution is 6.30. The van der Waals surface area contributed by atoms with Crippen LogP contribution in [0.15, 0.2) is 77.8 Å². The lowest BCUT2D eigenvalue weighted by Gasteiger charge is -2.25. The minimum absolute atomic E-state index is 0.00946. The summed E-state index contributed by atoms with van der Waals surface area (Å²) in [5.41, 5.74) is 15.6. The highest BCUT2D eigenvalue weighted by Gasteiger charge is 2.35. The van der Waals surface area contributed by atoms with Gasteiger partial charge in [-0.3, -0.25) is 4.99 Å². The molecule has 0 bridgehead atoms. The van der Waals surface area contributed by atoms with E-state index in [9.17, 15) is 0 Å². The van der Waals surface area contributed by atoms with E-state index in [1.54, 1.807) is 0 Å². The normalized spacial score (nSPS) is 17.7. The molecule has 0 saturated carbocycles. The summed E-state index contributed by atoms with van der Waals surface area (Å²) in [6, 6.07) is 26.9. The van der Waals surface area contributed by atoms with Crippen molar-refractivity contribution in [3.63, 3.8) is 0 Å². The largest absolute Gasteiger partial charge is 0.371 e. The maximum absolute atomic E-state index is 6.20. The standard InChI is InChI=1S/C38H43BN4/c1-22-8-10-27(11-9-22)36(29-13-12-28(41-29)20-33-38(6,7)21-26(5)40-33)30-14-15-31(42-30)37(32-16-17-34(39)43-32)35-24(3)18-23(2)19-25(35)4/h8-19,33,36-37,41-43H,20-21H2,1-7H3. The molecule has 1 aliphatic heterocycles. The smallest absolute Gasteiger partial charge is 0.138 e. The summed E-state index contributed by atoms with van der Waals surface area (Å²) in [5.74, 6) is 0.0507. The number of aromatic amines is 3. The summed E-state index contributed by atoms with van der Waals surface area (Å²) < 4.78 is 0. The molecule has 5 heteroatoms.